The van der Waals surface area contributed by atoms with Gasteiger partial charge < -0.3 is 19.9 Å². The van der Waals surface area contributed by atoms with Crippen LogP contribution < -0.4 is 0 Å². The van der Waals surface area contributed by atoms with Crippen LogP contribution in [0.25, 0.3) is 22.4 Å². The smallest absolute Gasteiger partial charge is 0.305 e. The maximum atomic E-state index is 13.7. The van der Waals surface area contributed by atoms with Crippen LogP contribution in [0.1, 0.15) is 55.1 Å². The second-order valence-corrected chi connectivity index (χ2v) is 8.75. The second kappa shape index (κ2) is 11.2. The Balaban J connectivity index is 2.11. The lowest BCUT2D eigenvalue weighted by molar-refractivity contribution is -0.139. The first-order chi connectivity index (χ1) is 16.2. The first-order valence-electron chi connectivity index (χ1n) is 11.3. The Kier molecular flexibility index (Phi) is 8.36. The van der Waals surface area contributed by atoms with Crippen LogP contribution in [0.2, 0.25) is 0 Å². The summed E-state index contributed by atoms with van der Waals surface area (Å²) in [5.74, 6) is -1.52. The molecule has 2 atom stereocenters. The molecule has 0 radical (unpaired) electrons. The van der Waals surface area contributed by atoms with E-state index < -0.39 is 24.6 Å². The molecule has 0 bridgehead atoms. The highest BCUT2D eigenvalue weighted by Crippen LogP contribution is 2.41. The first kappa shape index (κ1) is 25.3. The number of carbonyl (C=O) groups is 2. The van der Waals surface area contributed by atoms with E-state index in [1.54, 1.807) is 12.1 Å². The second-order valence-electron chi connectivity index (χ2n) is 8.75. The molecule has 0 saturated heterocycles. The molecule has 0 aliphatic rings. The highest BCUT2D eigenvalue weighted by Gasteiger charge is 2.27. The maximum Gasteiger partial charge on any atom is 0.305 e. The number of aliphatic carboxylic acids is 1. The summed E-state index contributed by atoms with van der Waals surface area (Å²) in [6, 6.07) is 15.6. The molecule has 6 nitrogen and oxygen atoms in total. The van der Waals surface area contributed by atoms with E-state index in [9.17, 15) is 24.2 Å². The number of aromatic nitrogens is 1. The monoisotopic (exact) mass is 467 g/mol. The van der Waals surface area contributed by atoms with Gasteiger partial charge in [-0.05, 0) is 54.2 Å². The third kappa shape index (κ3) is 5.79. The van der Waals surface area contributed by atoms with E-state index in [0.29, 0.717) is 12.1 Å². The normalized spacial score (nSPS) is 13.1. The lowest BCUT2D eigenvalue weighted by Crippen LogP contribution is -2.22. The number of carbonyl (C=O) groups excluding carboxylic acids is 1. The van der Waals surface area contributed by atoms with Gasteiger partial charge in [0, 0.05) is 23.4 Å². The average Bonchev–Trinajstić information content (AvgIpc) is 3.12. The molecular weight excluding hydrogens is 437 g/mol. The molecule has 3 rings (SSSR count). The fraction of sp³-hybridized carbons (Fsp3) is 0.333. The van der Waals surface area contributed by atoms with Gasteiger partial charge in [0.05, 0.1) is 24.3 Å². The molecule has 0 amide bonds. The predicted molar refractivity (Wildman–Crippen MR) is 128 cm³/mol. The zero-order valence-corrected chi connectivity index (χ0v) is 19.3. The van der Waals surface area contributed by atoms with Crippen LogP contribution in [0.5, 0.6) is 0 Å². The van der Waals surface area contributed by atoms with Gasteiger partial charge in [-0.1, -0.05) is 44.2 Å². The number of hydrogen-bond acceptors (Lipinski definition) is 4. The maximum absolute atomic E-state index is 13.7. The Labute approximate surface area is 198 Å². The minimum atomic E-state index is -1.15. The SMILES string of the molecule is CC(C)c1c(C=O)c(-c2ccccc2)c(-c2ccc(F)cc2)n1CCC(O)CC(O)CC(=O)O. The third-order valence-corrected chi connectivity index (χ3v) is 5.83. The van der Waals surface area contributed by atoms with Crippen LogP contribution in [0.3, 0.4) is 0 Å². The summed E-state index contributed by atoms with van der Waals surface area (Å²) in [7, 11) is 0. The molecule has 180 valence electrons. The number of aliphatic hydroxyl groups is 2. The van der Waals surface area contributed by atoms with E-state index in [1.165, 1.54) is 12.1 Å². The summed E-state index contributed by atoms with van der Waals surface area (Å²) in [5.41, 5.74) is 4.41. The quantitative estimate of drug-likeness (QED) is 0.349. The van der Waals surface area contributed by atoms with Crippen LogP contribution in [0, 0.1) is 5.82 Å². The highest BCUT2D eigenvalue weighted by molar-refractivity contribution is 5.97. The van der Waals surface area contributed by atoms with E-state index in [4.69, 9.17) is 5.11 Å². The summed E-state index contributed by atoms with van der Waals surface area (Å²) in [6.45, 7) is 4.29. The number of hydrogen-bond donors (Lipinski definition) is 3. The van der Waals surface area contributed by atoms with Gasteiger partial charge in [0.25, 0.3) is 0 Å². The standard InChI is InChI=1S/C27H30FNO5/c1-17(2)26-23(16-30)25(18-6-4-3-5-7-18)27(19-8-10-20(28)11-9-19)29(26)13-12-21(31)14-22(32)15-24(33)34/h3-11,16-17,21-22,31-32H,12-15H2,1-2H3,(H,33,34). The van der Waals surface area contributed by atoms with E-state index in [0.717, 1.165) is 34.4 Å². The van der Waals surface area contributed by atoms with Gasteiger partial charge >= 0.3 is 5.97 Å². The van der Waals surface area contributed by atoms with Crippen LogP contribution in [-0.4, -0.2) is 44.4 Å². The zero-order valence-electron chi connectivity index (χ0n) is 19.3. The lowest BCUT2D eigenvalue weighted by Gasteiger charge is -2.20. The molecule has 3 N–H and O–H groups in total. The van der Waals surface area contributed by atoms with E-state index in [2.05, 4.69) is 0 Å². The summed E-state index contributed by atoms with van der Waals surface area (Å²) in [5, 5.41) is 29.2. The van der Waals surface area contributed by atoms with Crippen LogP contribution in [0.15, 0.2) is 54.6 Å². The zero-order chi connectivity index (χ0) is 24.8. The molecule has 0 aliphatic carbocycles. The highest BCUT2D eigenvalue weighted by atomic mass is 19.1. The molecular formula is C27H30FNO5. The van der Waals surface area contributed by atoms with Crippen molar-refractivity contribution in [3.05, 3.63) is 71.7 Å². The predicted octanol–water partition coefficient (Wildman–Crippen LogP) is 4.87. The van der Waals surface area contributed by atoms with Crippen molar-refractivity contribution in [2.45, 2.75) is 57.8 Å². The van der Waals surface area contributed by atoms with Crippen molar-refractivity contribution in [1.29, 1.82) is 0 Å². The van der Waals surface area contributed by atoms with Gasteiger partial charge in [-0.25, -0.2) is 4.39 Å². The Bertz CT molecular complexity index is 1120. The molecule has 1 heterocycles. The number of benzene rings is 2. The number of rotatable bonds is 11. The molecule has 0 fully saturated rings. The summed E-state index contributed by atoms with van der Waals surface area (Å²) >= 11 is 0. The Morgan fingerprint density at radius 2 is 1.65 bits per heavy atom. The number of carboxylic acids is 1. The minimum absolute atomic E-state index is 0.0217. The van der Waals surface area contributed by atoms with Gasteiger partial charge in [0.1, 0.15) is 5.82 Å². The van der Waals surface area contributed by atoms with Crippen LogP contribution >= 0.6 is 0 Å². The topological polar surface area (TPSA) is 99.8 Å². The number of carboxylic acid groups (broad SMARTS) is 1. The van der Waals surface area contributed by atoms with Crippen molar-refractivity contribution >= 4 is 12.3 Å². The van der Waals surface area contributed by atoms with E-state index in [1.807, 2.05) is 48.7 Å². The Morgan fingerprint density at radius 3 is 2.21 bits per heavy atom. The van der Waals surface area contributed by atoms with Crippen LogP contribution in [-0.2, 0) is 11.3 Å². The van der Waals surface area contributed by atoms with Crippen molar-refractivity contribution in [1.82, 2.24) is 4.57 Å². The molecule has 0 aliphatic heterocycles. The van der Waals surface area contributed by atoms with Crippen molar-refractivity contribution < 1.29 is 29.3 Å². The average molecular weight is 468 g/mol. The molecule has 0 saturated carbocycles. The molecule has 7 heteroatoms. The van der Waals surface area contributed by atoms with Crippen molar-refractivity contribution in [3.8, 4) is 22.4 Å². The van der Waals surface area contributed by atoms with Crippen molar-refractivity contribution in [3.63, 3.8) is 0 Å². The number of halogens is 1. The lowest BCUT2D eigenvalue weighted by atomic mass is 9.96. The van der Waals surface area contributed by atoms with E-state index >= 15 is 0 Å². The Hall–Kier alpha value is -3.29. The number of aldehydes is 1. The molecule has 34 heavy (non-hydrogen) atoms. The van der Waals surface area contributed by atoms with Gasteiger partial charge in [-0.3, -0.25) is 9.59 Å². The van der Waals surface area contributed by atoms with Crippen LogP contribution in [0.4, 0.5) is 4.39 Å². The first-order valence-corrected chi connectivity index (χ1v) is 11.3. The summed E-state index contributed by atoms with van der Waals surface area (Å²) in [6.07, 6.45) is -1.50. The fourth-order valence-corrected chi connectivity index (χ4v) is 4.43. The molecule has 1 aromatic heterocycles. The number of aliphatic hydroxyl groups excluding tert-OH is 2. The molecule has 3 aromatic rings. The van der Waals surface area contributed by atoms with Gasteiger partial charge in [-0.2, -0.15) is 0 Å². The summed E-state index contributed by atoms with van der Waals surface area (Å²) in [4.78, 5) is 23.2. The Morgan fingerprint density at radius 1 is 1.00 bits per heavy atom. The fourth-order valence-electron chi connectivity index (χ4n) is 4.43. The number of nitrogens with zero attached hydrogens (tertiary/aromatic N) is 1. The molecule has 2 aromatic carbocycles. The van der Waals surface area contributed by atoms with Gasteiger partial charge in [-0.15, -0.1) is 0 Å². The van der Waals surface area contributed by atoms with Gasteiger partial charge in [0.2, 0.25) is 0 Å². The molecule has 2 unspecified atom stereocenters. The van der Waals surface area contributed by atoms with Crippen molar-refractivity contribution in [2.24, 2.45) is 0 Å². The van der Waals surface area contributed by atoms with Gasteiger partial charge in [0.15, 0.2) is 6.29 Å². The summed E-state index contributed by atoms with van der Waals surface area (Å²) < 4.78 is 15.7. The largest absolute Gasteiger partial charge is 0.481 e. The third-order valence-electron chi connectivity index (χ3n) is 5.83. The van der Waals surface area contributed by atoms with Crippen molar-refractivity contribution in [2.75, 3.05) is 0 Å². The van der Waals surface area contributed by atoms with E-state index in [-0.39, 0.29) is 24.6 Å². The molecule has 0 spiro atoms. The minimum Gasteiger partial charge on any atom is -0.481 e.